The first kappa shape index (κ1) is 18.9. The smallest absolute Gasteiger partial charge is 0.274 e. The summed E-state index contributed by atoms with van der Waals surface area (Å²) in [5.74, 6) is 1.35. The van der Waals surface area contributed by atoms with Crippen molar-refractivity contribution in [2.45, 2.75) is 30.7 Å². The Morgan fingerprint density at radius 3 is 2.69 bits per heavy atom. The number of rotatable bonds is 7. The van der Waals surface area contributed by atoms with Crippen LogP contribution >= 0.6 is 23.4 Å². The average Bonchev–Trinajstić information content (AvgIpc) is 3.19. The van der Waals surface area contributed by atoms with Crippen LogP contribution in [0.3, 0.4) is 0 Å². The third-order valence-corrected chi connectivity index (χ3v) is 5.10. The van der Waals surface area contributed by atoms with E-state index in [0.717, 1.165) is 24.5 Å². The van der Waals surface area contributed by atoms with E-state index in [2.05, 4.69) is 20.3 Å². The van der Waals surface area contributed by atoms with Gasteiger partial charge < -0.3 is 4.90 Å². The van der Waals surface area contributed by atoms with E-state index in [9.17, 15) is 4.79 Å². The van der Waals surface area contributed by atoms with Crippen LogP contribution in [0.15, 0.2) is 35.5 Å². The van der Waals surface area contributed by atoms with Crippen LogP contribution in [0, 0.1) is 0 Å². The highest BCUT2D eigenvalue weighted by Crippen LogP contribution is 2.26. The molecule has 1 aliphatic heterocycles. The highest BCUT2D eigenvalue weighted by atomic mass is 35.5. The highest BCUT2D eigenvalue weighted by Gasteiger charge is 2.15. The van der Waals surface area contributed by atoms with Gasteiger partial charge >= 0.3 is 0 Å². The van der Waals surface area contributed by atoms with E-state index < -0.39 is 0 Å². The zero-order valence-corrected chi connectivity index (χ0v) is 16.1. The quantitative estimate of drug-likeness (QED) is 0.335. The topological polar surface area (TPSA) is 67.3 Å². The lowest BCUT2D eigenvalue weighted by atomic mass is 10.1. The molecule has 3 rings (SSSR count). The first-order valence-corrected chi connectivity index (χ1v) is 9.95. The Labute approximate surface area is 162 Å². The van der Waals surface area contributed by atoms with E-state index in [-0.39, 0.29) is 5.91 Å². The number of nitrogens with zero attached hydrogens (tertiary/aromatic N) is 3. The molecule has 1 saturated heterocycles. The maximum absolute atomic E-state index is 11.8. The molecule has 138 valence electrons. The number of carbonyl (C=O) groups is 1. The molecule has 1 amide bonds. The maximum Gasteiger partial charge on any atom is 0.274 e. The summed E-state index contributed by atoms with van der Waals surface area (Å²) in [6.45, 7) is 4.28. The van der Waals surface area contributed by atoms with Gasteiger partial charge in [-0.15, -0.1) is 0 Å². The SMILES string of the molecule is CCONC(=O)c1ccc(CSc2nc(Cl)cc(N3CCCC3)n2)cc1. The van der Waals surface area contributed by atoms with E-state index in [1.165, 1.54) is 24.6 Å². The molecule has 1 aliphatic rings. The Kier molecular flexibility index (Phi) is 6.71. The lowest BCUT2D eigenvalue weighted by molar-refractivity contribution is 0.0364. The normalized spacial score (nSPS) is 13.8. The van der Waals surface area contributed by atoms with Crippen LogP contribution in [0.2, 0.25) is 5.15 Å². The monoisotopic (exact) mass is 392 g/mol. The molecule has 0 radical (unpaired) electrons. The van der Waals surface area contributed by atoms with Gasteiger partial charge in [-0.2, -0.15) is 0 Å². The van der Waals surface area contributed by atoms with Gasteiger partial charge in [-0.25, -0.2) is 15.4 Å². The van der Waals surface area contributed by atoms with Crippen LogP contribution in [-0.4, -0.2) is 35.6 Å². The zero-order chi connectivity index (χ0) is 18.4. The minimum atomic E-state index is -0.250. The molecule has 0 saturated carbocycles. The number of halogens is 1. The van der Waals surface area contributed by atoms with Gasteiger partial charge in [-0.05, 0) is 37.5 Å². The number of hydrogen-bond donors (Lipinski definition) is 1. The molecule has 0 bridgehead atoms. The van der Waals surface area contributed by atoms with Crippen molar-refractivity contribution in [3.05, 3.63) is 46.6 Å². The molecule has 6 nitrogen and oxygen atoms in total. The standard InChI is InChI=1S/C18H21ClN4O2S/c1-2-25-22-17(24)14-7-5-13(6-8-14)12-26-18-20-15(19)11-16(21-18)23-9-3-4-10-23/h5-8,11H,2-4,9-10,12H2,1H3,(H,22,24). The lowest BCUT2D eigenvalue weighted by Crippen LogP contribution is -2.23. The van der Waals surface area contributed by atoms with E-state index in [0.29, 0.717) is 28.2 Å². The number of hydroxylamine groups is 1. The van der Waals surface area contributed by atoms with Crippen molar-refractivity contribution in [3.8, 4) is 0 Å². The third-order valence-electron chi connectivity index (χ3n) is 3.98. The van der Waals surface area contributed by atoms with E-state index in [1.807, 2.05) is 25.1 Å². The van der Waals surface area contributed by atoms with Crippen molar-refractivity contribution < 1.29 is 9.63 Å². The minimum Gasteiger partial charge on any atom is -0.356 e. The fraction of sp³-hybridized carbons (Fsp3) is 0.389. The van der Waals surface area contributed by atoms with E-state index >= 15 is 0 Å². The molecule has 2 aromatic rings. The number of thioether (sulfide) groups is 1. The predicted octanol–water partition coefficient (Wildman–Crippen LogP) is 3.70. The number of aromatic nitrogens is 2. The second-order valence-corrected chi connectivity index (χ2v) is 7.21. The van der Waals surface area contributed by atoms with Gasteiger partial charge in [0.15, 0.2) is 5.16 Å². The van der Waals surface area contributed by atoms with Crippen molar-refractivity contribution in [3.63, 3.8) is 0 Å². The van der Waals surface area contributed by atoms with Crippen LogP contribution in [0.1, 0.15) is 35.7 Å². The van der Waals surface area contributed by atoms with Gasteiger partial charge in [0.05, 0.1) is 6.61 Å². The van der Waals surface area contributed by atoms with Crippen LogP contribution in [0.25, 0.3) is 0 Å². The summed E-state index contributed by atoms with van der Waals surface area (Å²) in [7, 11) is 0. The van der Waals surface area contributed by atoms with Gasteiger partial charge in [-0.3, -0.25) is 9.63 Å². The second-order valence-electron chi connectivity index (χ2n) is 5.88. The molecule has 1 fully saturated rings. The van der Waals surface area contributed by atoms with Crippen LogP contribution in [-0.2, 0) is 10.6 Å². The average molecular weight is 393 g/mol. The minimum absolute atomic E-state index is 0.250. The molecule has 1 aromatic carbocycles. The van der Waals surface area contributed by atoms with Crippen molar-refractivity contribution >= 4 is 35.1 Å². The molecule has 2 heterocycles. The Morgan fingerprint density at radius 2 is 2.00 bits per heavy atom. The molecule has 1 N–H and O–H groups in total. The summed E-state index contributed by atoms with van der Waals surface area (Å²) in [4.78, 5) is 27.9. The first-order valence-electron chi connectivity index (χ1n) is 8.59. The summed E-state index contributed by atoms with van der Waals surface area (Å²) >= 11 is 7.69. The fourth-order valence-corrected chi connectivity index (χ4v) is 3.69. The molecule has 26 heavy (non-hydrogen) atoms. The van der Waals surface area contributed by atoms with Gasteiger partial charge in [0.2, 0.25) is 0 Å². The number of hydrogen-bond acceptors (Lipinski definition) is 6. The Bertz CT molecular complexity index is 751. The summed E-state index contributed by atoms with van der Waals surface area (Å²) in [5, 5.41) is 1.13. The lowest BCUT2D eigenvalue weighted by Gasteiger charge is -2.16. The van der Waals surface area contributed by atoms with Crippen molar-refractivity contribution in [2.24, 2.45) is 0 Å². The molecule has 0 aliphatic carbocycles. The van der Waals surface area contributed by atoms with Gasteiger partial charge in [0.25, 0.3) is 5.91 Å². The van der Waals surface area contributed by atoms with Gasteiger partial charge in [0, 0.05) is 30.5 Å². The molecule has 8 heteroatoms. The Morgan fingerprint density at radius 1 is 1.27 bits per heavy atom. The highest BCUT2D eigenvalue weighted by molar-refractivity contribution is 7.98. The van der Waals surface area contributed by atoms with Gasteiger partial charge in [0.1, 0.15) is 11.0 Å². The van der Waals surface area contributed by atoms with Crippen molar-refractivity contribution in [1.29, 1.82) is 0 Å². The number of carbonyl (C=O) groups excluding carboxylic acids is 1. The zero-order valence-electron chi connectivity index (χ0n) is 14.6. The first-order chi connectivity index (χ1) is 12.7. The van der Waals surface area contributed by atoms with Crippen LogP contribution in [0.5, 0.6) is 0 Å². The fourth-order valence-electron chi connectivity index (χ4n) is 2.66. The second kappa shape index (κ2) is 9.21. The number of nitrogens with one attached hydrogen (secondary N) is 1. The maximum atomic E-state index is 11.8. The number of benzene rings is 1. The number of amides is 1. The summed E-state index contributed by atoms with van der Waals surface area (Å²) in [5.41, 5.74) is 4.02. The molecule has 1 aromatic heterocycles. The summed E-state index contributed by atoms with van der Waals surface area (Å²) < 4.78 is 0. The van der Waals surface area contributed by atoms with Crippen molar-refractivity contribution in [2.75, 3.05) is 24.6 Å². The molecule has 0 spiro atoms. The van der Waals surface area contributed by atoms with Crippen LogP contribution in [0.4, 0.5) is 5.82 Å². The number of anilines is 1. The van der Waals surface area contributed by atoms with E-state index in [1.54, 1.807) is 12.1 Å². The molecule has 0 unspecified atom stereocenters. The van der Waals surface area contributed by atoms with E-state index in [4.69, 9.17) is 16.4 Å². The largest absolute Gasteiger partial charge is 0.356 e. The van der Waals surface area contributed by atoms with Gasteiger partial charge in [-0.1, -0.05) is 35.5 Å². The third kappa shape index (κ3) is 5.09. The summed E-state index contributed by atoms with van der Waals surface area (Å²) in [6.07, 6.45) is 2.38. The molecular formula is C18H21ClN4O2S. The molecular weight excluding hydrogens is 372 g/mol. The predicted molar refractivity (Wildman–Crippen MR) is 104 cm³/mol. The summed E-state index contributed by atoms with van der Waals surface area (Å²) in [6, 6.07) is 9.21. The molecule has 0 atom stereocenters. The Balaban J connectivity index is 1.61. The van der Waals surface area contributed by atoms with Crippen LogP contribution < -0.4 is 10.4 Å². The van der Waals surface area contributed by atoms with Crippen molar-refractivity contribution in [1.82, 2.24) is 15.4 Å². The Hall–Kier alpha value is -1.83.